The van der Waals surface area contributed by atoms with Crippen LogP contribution >= 0.6 is 12.8 Å². The highest BCUT2D eigenvalue weighted by molar-refractivity contribution is 7.82. The number of nitrogens with one attached hydrogen (secondary N) is 1. The number of hydrogen-bond acceptors (Lipinski definition) is 6. The molecule has 9 heteroatoms. The number of carbonyl (C=O) groups is 1. The largest absolute Gasteiger partial charge is 0.495 e. The van der Waals surface area contributed by atoms with Crippen molar-refractivity contribution in [3.05, 3.63) is 18.2 Å². The second-order valence-corrected chi connectivity index (χ2v) is 3.69. The number of rotatable bonds is 3. The molecule has 2 rings (SSSR count). The van der Waals surface area contributed by atoms with Crippen LogP contribution in [0.25, 0.3) is 11.4 Å². The van der Waals surface area contributed by atoms with Gasteiger partial charge in [-0.05, 0) is 28.6 Å². The Balaban J connectivity index is 2.49. The standard InChI is InChI=1S/C9H10N6O2S/c1-17-7-3-2-5(8-11-13-14-12-8)4-6(7)15(18)9(10)16/h2-4,18H,1H3,(H2,10,16)(H,11,12,13,14). The molecule has 0 saturated heterocycles. The molecule has 2 aromatic rings. The maximum Gasteiger partial charge on any atom is 0.329 e. The Morgan fingerprint density at radius 2 is 2.33 bits per heavy atom. The average molecular weight is 266 g/mol. The minimum Gasteiger partial charge on any atom is -0.495 e. The van der Waals surface area contributed by atoms with Crippen molar-refractivity contribution < 1.29 is 9.53 Å². The van der Waals surface area contributed by atoms with E-state index in [2.05, 4.69) is 33.4 Å². The van der Waals surface area contributed by atoms with Gasteiger partial charge in [-0.15, -0.1) is 5.10 Å². The molecular formula is C9H10N6O2S. The molecule has 0 saturated carbocycles. The van der Waals surface area contributed by atoms with Crippen molar-refractivity contribution in [3.63, 3.8) is 0 Å². The van der Waals surface area contributed by atoms with Crippen LogP contribution in [-0.2, 0) is 0 Å². The number of H-pyrrole nitrogens is 1. The third kappa shape index (κ3) is 2.20. The molecule has 0 radical (unpaired) electrons. The molecule has 0 aliphatic heterocycles. The maximum atomic E-state index is 11.1. The lowest BCUT2D eigenvalue weighted by molar-refractivity contribution is 0.257. The van der Waals surface area contributed by atoms with Crippen molar-refractivity contribution in [2.24, 2.45) is 5.73 Å². The third-order valence-corrected chi connectivity index (χ3v) is 2.65. The number of hydrogen-bond donors (Lipinski definition) is 3. The van der Waals surface area contributed by atoms with E-state index in [-0.39, 0.29) is 0 Å². The van der Waals surface area contributed by atoms with E-state index >= 15 is 0 Å². The van der Waals surface area contributed by atoms with E-state index in [1.165, 1.54) is 7.11 Å². The molecular weight excluding hydrogens is 256 g/mol. The van der Waals surface area contributed by atoms with Gasteiger partial charge in [0, 0.05) is 5.56 Å². The number of amides is 2. The van der Waals surface area contributed by atoms with Gasteiger partial charge in [-0.2, -0.15) is 0 Å². The first kappa shape index (κ1) is 12.2. The van der Waals surface area contributed by atoms with E-state index in [0.29, 0.717) is 22.8 Å². The molecule has 1 heterocycles. The predicted molar refractivity (Wildman–Crippen MR) is 67.2 cm³/mol. The number of thiol groups is 1. The van der Waals surface area contributed by atoms with Gasteiger partial charge in [0.25, 0.3) is 0 Å². The summed E-state index contributed by atoms with van der Waals surface area (Å²) in [6, 6.07) is 4.33. The van der Waals surface area contributed by atoms with Gasteiger partial charge in [-0.25, -0.2) is 14.2 Å². The van der Waals surface area contributed by atoms with Crippen LogP contribution in [0, 0.1) is 0 Å². The molecule has 2 amide bonds. The zero-order valence-electron chi connectivity index (χ0n) is 9.36. The number of ether oxygens (including phenoxy) is 1. The quantitative estimate of drug-likeness (QED) is 0.705. The second kappa shape index (κ2) is 4.92. The number of anilines is 1. The highest BCUT2D eigenvalue weighted by atomic mass is 32.1. The van der Waals surface area contributed by atoms with Gasteiger partial charge >= 0.3 is 6.03 Å². The molecule has 0 spiro atoms. The van der Waals surface area contributed by atoms with Gasteiger partial charge in [0.15, 0.2) is 5.82 Å². The average Bonchev–Trinajstić information content (AvgIpc) is 2.90. The van der Waals surface area contributed by atoms with Crippen molar-refractivity contribution in [2.75, 3.05) is 11.4 Å². The van der Waals surface area contributed by atoms with Gasteiger partial charge in [0.2, 0.25) is 0 Å². The van der Waals surface area contributed by atoms with Crippen LogP contribution in [-0.4, -0.2) is 33.8 Å². The Bertz CT molecular complexity index is 558. The molecule has 0 unspecified atom stereocenters. The fourth-order valence-electron chi connectivity index (χ4n) is 1.40. The molecule has 8 nitrogen and oxygen atoms in total. The molecule has 0 atom stereocenters. The highest BCUT2D eigenvalue weighted by Crippen LogP contribution is 2.32. The number of primary amides is 1. The minimum atomic E-state index is -0.718. The summed E-state index contributed by atoms with van der Waals surface area (Å²) in [5.41, 5.74) is 6.25. The SMILES string of the molecule is COc1ccc(-c2nnn[nH]2)cc1N(S)C(N)=O. The van der Waals surface area contributed by atoms with E-state index < -0.39 is 6.03 Å². The first-order valence-electron chi connectivity index (χ1n) is 4.84. The zero-order chi connectivity index (χ0) is 13.1. The summed E-state index contributed by atoms with van der Waals surface area (Å²) in [5.74, 6) is 0.921. The Kier molecular flexibility index (Phi) is 3.33. The lowest BCUT2D eigenvalue weighted by Crippen LogP contribution is -2.27. The molecule has 0 bridgehead atoms. The van der Waals surface area contributed by atoms with Crippen LogP contribution in [0.5, 0.6) is 5.75 Å². The number of benzene rings is 1. The summed E-state index contributed by atoms with van der Waals surface area (Å²) in [5, 5.41) is 13.3. The first-order chi connectivity index (χ1) is 8.63. The molecule has 1 aromatic heterocycles. The number of carbonyl (C=O) groups excluding carboxylic acids is 1. The molecule has 0 aliphatic carbocycles. The summed E-state index contributed by atoms with van der Waals surface area (Å²) in [6.07, 6.45) is 0. The summed E-state index contributed by atoms with van der Waals surface area (Å²) < 4.78 is 6.11. The molecule has 0 aliphatic rings. The molecule has 1 aromatic carbocycles. The smallest absolute Gasteiger partial charge is 0.329 e. The summed E-state index contributed by atoms with van der Waals surface area (Å²) in [7, 11) is 1.48. The Labute approximate surface area is 108 Å². The lowest BCUT2D eigenvalue weighted by atomic mass is 10.1. The second-order valence-electron chi connectivity index (χ2n) is 3.29. The Morgan fingerprint density at radius 1 is 1.56 bits per heavy atom. The van der Waals surface area contributed by atoms with E-state index in [9.17, 15) is 4.79 Å². The number of urea groups is 1. The number of aromatic nitrogens is 4. The number of tetrazole rings is 1. The van der Waals surface area contributed by atoms with Crippen LogP contribution in [0.15, 0.2) is 18.2 Å². The number of nitrogens with zero attached hydrogens (tertiary/aromatic N) is 4. The van der Waals surface area contributed by atoms with Crippen molar-refractivity contribution in [1.82, 2.24) is 20.6 Å². The van der Waals surface area contributed by atoms with E-state index in [4.69, 9.17) is 10.5 Å². The van der Waals surface area contributed by atoms with Crippen LogP contribution < -0.4 is 14.8 Å². The minimum absolute atomic E-state index is 0.405. The van der Waals surface area contributed by atoms with Gasteiger partial charge < -0.3 is 10.5 Å². The molecule has 18 heavy (non-hydrogen) atoms. The molecule has 0 fully saturated rings. The Morgan fingerprint density at radius 3 is 2.89 bits per heavy atom. The lowest BCUT2D eigenvalue weighted by Gasteiger charge is -2.16. The van der Waals surface area contributed by atoms with E-state index in [1.807, 2.05) is 0 Å². The van der Waals surface area contributed by atoms with E-state index in [0.717, 1.165) is 4.31 Å². The van der Waals surface area contributed by atoms with Crippen molar-refractivity contribution in [1.29, 1.82) is 0 Å². The van der Waals surface area contributed by atoms with Crippen LogP contribution in [0.2, 0.25) is 0 Å². The van der Waals surface area contributed by atoms with Gasteiger partial charge in [0.05, 0.1) is 12.8 Å². The fraction of sp³-hybridized carbons (Fsp3) is 0.111. The van der Waals surface area contributed by atoms with Gasteiger partial charge in [-0.1, -0.05) is 12.8 Å². The zero-order valence-corrected chi connectivity index (χ0v) is 10.3. The Hall–Kier alpha value is -2.29. The van der Waals surface area contributed by atoms with Crippen molar-refractivity contribution >= 4 is 24.5 Å². The number of nitrogens with two attached hydrogens (primary N) is 1. The first-order valence-corrected chi connectivity index (χ1v) is 5.24. The van der Waals surface area contributed by atoms with Crippen LogP contribution in [0.4, 0.5) is 10.5 Å². The normalized spacial score (nSPS) is 10.1. The topological polar surface area (TPSA) is 110 Å². The summed E-state index contributed by atoms with van der Waals surface area (Å²) in [6.45, 7) is 0. The molecule has 3 N–H and O–H groups in total. The predicted octanol–water partition coefficient (Wildman–Crippen LogP) is 0.605. The summed E-state index contributed by atoms with van der Waals surface area (Å²) in [4.78, 5) is 11.1. The monoisotopic (exact) mass is 266 g/mol. The summed E-state index contributed by atoms with van der Waals surface area (Å²) >= 11 is 4.00. The maximum absolute atomic E-state index is 11.1. The fourth-order valence-corrected chi connectivity index (χ4v) is 1.56. The van der Waals surface area contributed by atoms with Gasteiger partial charge in [-0.3, -0.25) is 0 Å². The molecule has 94 valence electrons. The van der Waals surface area contributed by atoms with Crippen molar-refractivity contribution in [2.45, 2.75) is 0 Å². The van der Waals surface area contributed by atoms with Gasteiger partial charge in [0.1, 0.15) is 5.75 Å². The van der Waals surface area contributed by atoms with E-state index in [1.54, 1.807) is 18.2 Å². The van der Waals surface area contributed by atoms with Crippen LogP contribution in [0.3, 0.4) is 0 Å². The third-order valence-electron chi connectivity index (χ3n) is 2.23. The highest BCUT2D eigenvalue weighted by Gasteiger charge is 2.15. The number of methoxy groups -OCH3 is 1. The number of aromatic amines is 1. The van der Waals surface area contributed by atoms with Crippen molar-refractivity contribution in [3.8, 4) is 17.1 Å². The van der Waals surface area contributed by atoms with Crippen LogP contribution in [0.1, 0.15) is 0 Å².